The fraction of sp³-hybridized carbons (Fsp3) is 0.625. The number of methoxy groups -OCH3 is 1. The average molecular weight is 263 g/mol. The summed E-state index contributed by atoms with van der Waals surface area (Å²) in [5, 5.41) is 0. The van der Waals surface area contributed by atoms with Gasteiger partial charge in [-0.1, -0.05) is 26.0 Å². The van der Waals surface area contributed by atoms with Gasteiger partial charge in [0.25, 0.3) is 0 Å². The molecule has 0 radical (unpaired) electrons. The molecule has 1 aromatic rings. The van der Waals surface area contributed by atoms with Crippen molar-refractivity contribution in [1.82, 2.24) is 0 Å². The predicted molar refractivity (Wildman–Crippen MR) is 77.9 cm³/mol. The molecule has 0 saturated carbocycles. The molecular weight excluding hydrogens is 238 g/mol. The van der Waals surface area contributed by atoms with Crippen LogP contribution in [0.25, 0.3) is 0 Å². The second-order valence-corrected chi connectivity index (χ2v) is 5.78. The molecule has 1 saturated heterocycles. The Labute approximate surface area is 116 Å². The highest BCUT2D eigenvalue weighted by atomic mass is 16.5. The smallest absolute Gasteiger partial charge is 0.122 e. The van der Waals surface area contributed by atoms with Crippen LogP contribution in [-0.2, 0) is 10.2 Å². The van der Waals surface area contributed by atoms with Gasteiger partial charge in [-0.2, -0.15) is 0 Å². The molecule has 1 aliphatic heterocycles. The first kappa shape index (κ1) is 14.4. The van der Waals surface area contributed by atoms with Crippen LogP contribution in [0.5, 0.6) is 5.75 Å². The van der Waals surface area contributed by atoms with Gasteiger partial charge in [-0.3, -0.25) is 0 Å². The van der Waals surface area contributed by atoms with E-state index in [0.29, 0.717) is 5.92 Å². The Morgan fingerprint density at radius 3 is 2.58 bits per heavy atom. The van der Waals surface area contributed by atoms with Crippen molar-refractivity contribution in [3.05, 3.63) is 29.3 Å². The van der Waals surface area contributed by atoms with Gasteiger partial charge in [-0.15, -0.1) is 0 Å². The van der Waals surface area contributed by atoms with E-state index >= 15 is 0 Å². The third kappa shape index (κ3) is 2.77. The van der Waals surface area contributed by atoms with Crippen molar-refractivity contribution >= 4 is 0 Å². The zero-order chi connectivity index (χ0) is 13.9. The van der Waals surface area contributed by atoms with E-state index in [9.17, 15) is 0 Å². The lowest BCUT2D eigenvalue weighted by molar-refractivity contribution is -0.0649. The van der Waals surface area contributed by atoms with Crippen LogP contribution in [0.2, 0.25) is 0 Å². The number of benzene rings is 1. The summed E-state index contributed by atoms with van der Waals surface area (Å²) < 4.78 is 10.9. The topological polar surface area (TPSA) is 44.5 Å². The quantitative estimate of drug-likeness (QED) is 0.858. The molecule has 2 rings (SSSR count). The Balaban J connectivity index is 2.31. The highest BCUT2D eigenvalue weighted by molar-refractivity contribution is 5.42. The molecule has 0 atom stereocenters. The number of nitrogens with two attached hydrogens (primary N) is 1. The maximum absolute atomic E-state index is 5.66. The molecule has 0 amide bonds. The first-order chi connectivity index (χ1) is 9.13. The van der Waals surface area contributed by atoms with Gasteiger partial charge in [-0.05, 0) is 42.5 Å². The summed E-state index contributed by atoms with van der Waals surface area (Å²) in [6, 6.07) is 6.57. The zero-order valence-electron chi connectivity index (χ0n) is 12.2. The largest absolute Gasteiger partial charge is 0.496 e. The van der Waals surface area contributed by atoms with Gasteiger partial charge in [0.2, 0.25) is 0 Å². The van der Waals surface area contributed by atoms with Crippen LogP contribution in [-0.4, -0.2) is 26.9 Å². The van der Waals surface area contributed by atoms with Gasteiger partial charge in [0.15, 0.2) is 0 Å². The Kier molecular flexibility index (Phi) is 4.48. The van der Waals surface area contributed by atoms with Crippen LogP contribution >= 0.6 is 0 Å². The van der Waals surface area contributed by atoms with E-state index in [4.69, 9.17) is 15.2 Å². The molecule has 3 heteroatoms. The van der Waals surface area contributed by atoms with Gasteiger partial charge in [0.1, 0.15) is 5.75 Å². The standard InChI is InChI=1S/C16H25NO2/c1-12(2)14-9-13(5-6-15(14)18-3)16(7-4-8-17)10-19-11-16/h5-6,9,12H,4,7-8,10-11,17H2,1-3H3. The molecule has 1 heterocycles. The summed E-state index contributed by atoms with van der Waals surface area (Å²) in [5.74, 6) is 1.44. The van der Waals surface area contributed by atoms with Gasteiger partial charge in [-0.25, -0.2) is 0 Å². The van der Waals surface area contributed by atoms with E-state index in [-0.39, 0.29) is 5.41 Å². The average Bonchev–Trinajstić information content (AvgIpc) is 2.37. The molecule has 1 aliphatic rings. The highest BCUT2D eigenvalue weighted by Crippen LogP contribution is 2.39. The first-order valence-electron chi connectivity index (χ1n) is 7.09. The Bertz CT molecular complexity index is 425. The number of hydrogen-bond donors (Lipinski definition) is 1. The van der Waals surface area contributed by atoms with E-state index in [1.165, 1.54) is 11.1 Å². The molecule has 0 aromatic heterocycles. The van der Waals surface area contributed by atoms with Gasteiger partial charge in [0, 0.05) is 5.41 Å². The molecule has 0 bridgehead atoms. The molecule has 19 heavy (non-hydrogen) atoms. The molecular formula is C16H25NO2. The Morgan fingerprint density at radius 1 is 1.37 bits per heavy atom. The second kappa shape index (κ2) is 5.93. The van der Waals surface area contributed by atoms with Crippen LogP contribution < -0.4 is 10.5 Å². The van der Waals surface area contributed by atoms with Gasteiger partial charge >= 0.3 is 0 Å². The molecule has 0 unspecified atom stereocenters. The molecule has 2 N–H and O–H groups in total. The lowest BCUT2D eigenvalue weighted by atomic mass is 9.74. The molecule has 0 aliphatic carbocycles. The van der Waals surface area contributed by atoms with Crippen LogP contribution in [0.15, 0.2) is 18.2 Å². The van der Waals surface area contributed by atoms with E-state index in [0.717, 1.165) is 38.3 Å². The van der Waals surface area contributed by atoms with Crippen molar-refractivity contribution in [1.29, 1.82) is 0 Å². The number of ether oxygens (including phenoxy) is 2. The monoisotopic (exact) mass is 263 g/mol. The van der Waals surface area contributed by atoms with E-state index in [1.807, 2.05) is 0 Å². The van der Waals surface area contributed by atoms with Gasteiger partial charge < -0.3 is 15.2 Å². The Hall–Kier alpha value is -1.06. The van der Waals surface area contributed by atoms with Crippen molar-refractivity contribution in [2.75, 3.05) is 26.9 Å². The van der Waals surface area contributed by atoms with Crippen LogP contribution in [0, 0.1) is 0 Å². The van der Waals surface area contributed by atoms with Crippen molar-refractivity contribution in [2.45, 2.75) is 38.0 Å². The fourth-order valence-corrected chi connectivity index (χ4v) is 2.76. The minimum absolute atomic E-state index is 0.176. The fourth-order valence-electron chi connectivity index (χ4n) is 2.76. The van der Waals surface area contributed by atoms with Crippen molar-refractivity contribution < 1.29 is 9.47 Å². The summed E-state index contributed by atoms with van der Waals surface area (Å²) in [7, 11) is 1.73. The molecule has 106 valence electrons. The predicted octanol–water partition coefficient (Wildman–Crippen LogP) is 2.83. The van der Waals surface area contributed by atoms with Crippen LogP contribution in [0.1, 0.15) is 43.7 Å². The zero-order valence-corrected chi connectivity index (χ0v) is 12.2. The lowest BCUT2D eigenvalue weighted by Gasteiger charge is -2.42. The molecule has 1 aromatic carbocycles. The van der Waals surface area contributed by atoms with Crippen molar-refractivity contribution in [3.63, 3.8) is 0 Å². The molecule has 3 nitrogen and oxygen atoms in total. The summed E-state index contributed by atoms with van der Waals surface area (Å²) in [4.78, 5) is 0. The Morgan fingerprint density at radius 2 is 2.11 bits per heavy atom. The summed E-state index contributed by atoms with van der Waals surface area (Å²) in [6.45, 7) is 6.78. The molecule has 0 spiro atoms. The van der Waals surface area contributed by atoms with Crippen LogP contribution in [0.4, 0.5) is 0 Å². The maximum Gasteiger partial charge on any atom is 0.122 e. The third-order valence-electron chi connectivity index (χ3n) is 4.08. The SMILES string of the molecule is COc1ccc(C2(CCCN)COC2)cc1C(C)C. The van der Waals surface area contributed by atoms with Crippen molar-refractivity contribution in [2.24, 2.45) is 5.73 Å². The summed E-state index contributed by atoms with van der Waals surface area (Å²) in [6.07, 6.45) is 2.15. The first-order valence-corrected chi connectivity index (χ1v) is 7.09. The number of hydrogen-bond acceptors (Lipinski definition) is 3. The van der Waals surface area contributed by atoms with E-state index in [1.54, 1.807) is 7.11 Å². The van der Waals surface area contributed by atoms with E-state index in [2.05, 4.69) is 32.0 Å². The maximum atomic E-state index is 5.66. The lowest BCUT2D eigenvalue weighted by Crippen LogP contribution is -2.47. The number of rotatable bonds is 6. The summed E-state index contributed by atoms with van der Waals surface area (Å²) >= 11 is 0. The highest BCUT2D eigenvalue weighted by Gasteiger charge is 2.39. The minimum Gasteiger partial charge on any atom is -0.496 e. The minimum atomic E-state index is 0.176. The normalized spacial score (nSPS) is 17.3. The van der Waals surface area contributed by atoms with E-state index < -0.39 is 0 Å². The summed E-state index contributed by atoms with van der Waals surface area (Å²) in [5.41, 5.74) is 8.48. The third-order valence-corrected chi connectivity index (χ3v) is 4.08. The molecule has 1 fully saturated rings. The van der Waals surface area contributed by atoms with Crippen molar-refractivity contribution in [3.8, 4) is 5.75 Å². The second-order valence-electron chi connectivity index (χ2n) is 5.78. The van der Waals surface area contributed by atoms with Gasteiger partial charge in [0.05, 0.1) is 20.3 Å². The van der Waals surface area contributed by atoms with Crippen LogP contribution in [0.3, 0.4) is 0 Å².